The summed E-state index contributed by atoms with van der Waals surface area (Å²) in [6.07, 6.45) is 4.92. The molecule has 0 spiro atoms. The Balaban J connectivity index is 1.57. The van der Waals surface area contributed by atoms with Gasteiger partial charge in [0.2, 0.25) is 11.0 Å². The average Bonchev–Trinajstić information content (AvgIpc) is 3.34. The standard InChI is InChI=1S/C24H30N4OS/c1-5-20-8-6-7-13-27(20)23(29)14-21-17(3)26-28(18(21)4)24-25-22(15-30-24)19-11-9-16(2)10-12-19/h9-12,15,20H,5-8,13-14H2,1-4H3. The summed E-state index contributed by atoms with van der Waals surface area (Å²) in [5, 5.41) is 7.64. The lowest BCUT2D eigenvalue weighted by molar-refractivity contribution is -0.134. The third kappa shape index (κ3) is 4.06. The van der Waals surface area contributed by atoms with Crippen LogP contribution in [0.25, 0.3) is 16.4 Å². The lowest BCUT2D eigenvalue weighted by atomic mass is 9.98. The summed E-state index contributed by atoms with van der Waals surface area (Å²) in [6.45, 7) is 9.19. The largest absolute Gasteiger partial charge is 0.339 e. The van der Waals surface area contributed by atoms with Crippen molar-refractivity contribution in [1.29, 1.82) is 0 Å². The summed E-state index contributed by atoms with van der Waals surface area (Å²) >= 11 is 1.58. The van der Waals surface area contributed by atoms with Gasteiger partial charge in [-0.25, -0.2) is 9.67 Å². The van der Waals surface area contributed by atoms with Crippen LogP contribution >= 0.6 is 11.3 Å². The zero-order valence-electron chi connectivity index (χ0n) is 18.3. The van der Waals surface area contributed by atoms with Crippen LogP contribution in [0.3, 0.4) is 0 Å². The number of benzene rings is 1. The number of piperidine rings is 1. The summed E-state index contributed by atoms with van der Waals surface area (Å²) in [5.74, 6) is 0.229. The third-order valence-electron chi connectivity index (χ3n) is 6.21. The first-order valence-corrected chi connectivity index (χ1v) is 11.7. The van der Waals surface area contributed by atoms with Gasteiger partial charge in [-0.3, -0.25) is 4.79 Å². The van der Waals surface area contributed by atoms with Crippen LogP contribution in [0, 0.1) is 20.8 Å². The van der Waals surface area contributed by atoms with Gasteiger partial charge in [0.1, 0.15) is 0 Å². The van der Waals surface area contributed by atoms with Crippen LogP contribution in [-0.4, -0.2) is 38.2 Å². The van der Waals surface area contributed by atoms with Crippen LogP contribution in [0.4, 0.5) is 0 Å². The molecule has 0 bridgehead atoms. The fourth-order valence-corrected chi connectivity index (χ4v) is 5.18. The van der Waals surface area contributed by atoms with Crippen molar-refractivity contribution in [2.24, 2.45) is 0 Å². The molecule has 3 heterocycles. The van der Waals surface area contributed by atoms with E-state index >= 15 is 0 Å². The van der Waals surface area contributed by atoms with Crippen molar-refractivity contribution in [3.63, 3.8) is 0 Å². The van der Waals surface area contributed by atoms with Crippen LogP contribution in [0.1, 0.15) is 55.1 Å². The molecule has 3 aromatic rings. The first kappa shape index (κ1) is 20.8. The van der Waals surface area contributed by atoms with E-state index in [9.17, 15) is 4.79 Å². The second kappa shape index (κ2) is 8.72. The molecular weight excluding hydrogens is 392 g/mol. The molecule has 1 fully saturated rings. The van der Waals surface area contributed by atoms with E-state index in [4.69, 9.17) is 10.1 Å². The van der Waals surface area contributed by atoms with E-state index in [2.05, 4.69) is 48.4 Å². The molecule has 0 aliphatic carbocycles. The summed E-state index contributed by atoms with van der Waals surface area (Å²) < 4.78 is 1.90. The third-order valence-corrected chi connectivity index (χ3v) is 7.02. The molecule has 5 nitrogen and oxygen atoms in total. The maximum atomic E-state index is 13.1. The summed E-state index contributed by atoms with van der Waals surface area (Å²) in [6, 6.07) is 8.79. The Morgan fingerprint density at radius 3 is 2.67 bits per heavy atom. The van der Waals surface area contributed by atoms with E-state index in [-0.39, 0.29) is 5.91 Å². The summed E-state index contributed by atoms with van der Waals surface area (Å²) in [4.78, 5) is 20.0. The van der Waals surface area contributed by atoms with Gasteiger partial charge in [-0.1, -0.05) is 36.8 Å². The lowest BCUT2D eigenvalue weighted by Crippen LogP contribution is -2.44. The summed E-state index contributed by atoms with van der Waals surface area (Å²) in [7, 11) is 0. The highest BCUT2D eigenvalue weighted by Gasteiger charge is 2.27. The van der Waals surface area contributed by atoms with E-state index < -0.39 is 0 Å². The van der Waals surface area contributed by atoms with Crippen molar-refractivity contribution >= 4 is 17.2 Å². The van der Waals surface area contributed by atoms with Gasteiger partial charge in [-0.2, -0.15) is 5.10 Å². The molecule has 158 valence electrons. The number of carbonyl (C=O) groups is 1. The highest BCUT2D eigenvalue weighted by Crippen LogP contribution is 2.27. The number of aromatic nitrogens is 3. The van der Waals surface area contributed by atoms with E-state index in [1.807, 2.05) is 18.5 Å². The van der Waals surface area contributed by atoms with Crippen molar-refractivity contribution < 1.29 is 4.79 Å². The van der Waals surface area contributed by atoms with Gasteiger partial charge >= 0.3 is 0 Å². The maximum absolute atomic E-state index is 13.1. The van der Waals surface area contributed by atoms with Gasteiger partial charge in [0, 0.05) is 34.8 Å². The number of aryl methyl sites for hydroxylation is 2. The molecule has 1 saturated heterocycles. The highest BCUT2D eigenvalue weighted by atomic mass is 32.1. The van der Waals surface area contributed by atoms with Gasteiger partial charge in [0.05, 0.1) is 17.8 Å². The molecule has 1 aliphatic heterocycles. The fraction of sp³-hybridized carbons (Fsp3) is 0.458. The zero-order chi connectivity index (χ0) is 21.3. The molecule has 1 atom stereocenters. The predicted molar refractivity (Wildman–Crippen MR) is 122 cm³/mol. The molecular formula is C24H30N4OS. The van der Waals surface area contributed by atoms with E-state index in [0.717, 1.165) is 59.1 Å². The smallest absolute Gasteiger partial charge is 0.227 e. The highest BCUT2D eigenvalue weighted by molar-refractivity contribution is 7.12. The van der Waals surface area contributed by atoms with Crippen LogP contribution in [0.2, 0.25) is 0 Å². The minimum absolute atomic E-state index is 0.229. The van der Waals surface area contributed by atoms with Crippen LogP contribution < -0.4 is 0 Å². The van der Waals surface area contributed by atoms with Crippen LogP contribution in [-0.2, 0) is 11.2 Å². The normalized spacial score (nSPS) is 16.8. The predicted octanol–water partition coefficient (Wildman–Crippen LogP) is 5.25. The number of carbonyl (C=O) groups excluding carboxylic acids is 1. The topological polar surface area (TPSA) is 51.0 Å². The Bertz CT molecular complexity index is 1030. The monoisotopic (exact) mass is 422 g/mol. The van der Waals surface area contributed by atoms with Crippen molar-refractivity contribution in [3.05, 3.63) is 52.2 Å². The number of amides is 1. The molecule has 0 radical (unpaired) electrons. The Hall–Kier alpha value is -2.47. The quantitative estimate of drug-likeness (QED) is 0.564. The first-order chi connectivity index (χ1) is 14.5. The van der Waals surface area contributed by atoms with Crippen LogP contribution in [0.15, 0.2) is 29.6 Å². The molecule has 4 rings (SSSR count). The number of hydrogen-bond donors (Lipinski definition) is 0. The molecule has 0 saturated carbocycles. The lowest BCUT2D eigenvalue weighted by Gasteiger charge is -2.35. The number of rotatable bonds is 5. The molecule has 1 amide bonds. The molecule has 6 heteroatoms. The Morgan fingerprint density at radius 1 is 1.17 bits per heavy atom. The minimum Gasteiger partial charge on any atom is -0.339 e. The van der Waals surface area contributed by atoms with E-state index in [0.29, 0.717) is 12.5 Å². The number of nitrogens with zero attached hydrogens (tertiary/aromatic N) is 4. The molecule has 1 aliphatic rings. The molecule has 1 aromatic carbocycles. The summed E-state index contributed by atoms with van der Waals surface area (Å²) in [5.41, 5.74) is 6.26. The fourth-order valence-electron chi connectivity index (χ4n) is 4.34. The maximum Gasteiger partial charge on any atom is 0.227 e. The second-order valence-electron chi connectivity index (χ2n) is 8.26. The SMILES string of the molecule is CCC1CCCCN1C(=O)Cc1c(C)nn(-c2nc(-c3ccc(C)cc3)cs2)c1C. The van der Waals surface area contributed by atoms with Gasteiger partial charge in [0.15, 0.2) is 0 Å². The number of thiazole rings is 1. The van der Waals surface area contributed by atoms with Crippen molar-refractivity contribution in [2.75, 3.05) is 6.54 Å². The van der Waals surface area contributed by atoms with E-state index in [1.54, 1.807) is 11.3 Å². The zero-order valence-corrected chi connectivity index (χ0v) is 19.1. The van der Waals surface area contributed by atoms with Gasteiger partial charge in [0.25, 0.3) is 0 Å². The Kier molecular flexibility index (Phi) is 6.04. The van der Waals surface area contributed by atoms with Crippen LogP contribution in [0.5, 0.6) is 0 Å². The number of hydrogen-bond acceptors (Lipinski definition) is 4. The van der Waals surface area contributed by atoms with E-state index in [1.165, 1.54) is 12.0 Å². The minimum atomic E-state index is 0.229. The average molecular weight is 423 g/mol. The second-order valence-corrected chi connectivity index (χ2v) is 9.10. The molecule has 0 N–H and O–H groups in total. The number of likely N-dealkylation sites (tertiary alicyclic amines) is 1. The van der Waals surface area contributed by atoms with Gasteiger partial charge in [-0.05, 0) is 46.5 Å². The van der Waals surface area contributed by atoms with Gasteiger partial charge in [-0.15, -0.1) is 11.3 Å². The first-order valence-electron chi connectivity index (χ1n) is 10.9. The molecule has 2 aromatic heterocycles. The Morgan fingerprint density at radius 2 is 1.93 bits per heavy atom. The van der Waals surface area contributed by atoms with Crippen molar-refractivity contribution in [1.82, 2.24) is 19.7 Å². The Labute approximate surface area is 182 Å². The van der Waals surface area contributed by atoms with Crippen molar-refractivity contribution in [3.8, 4) is 16.4 Å². The molecule has 1 unspecified atom stereocenters. The van der Waals surface area contributed by atoms with Gasteiger partial charge < -0.3 is 4.90 Å². The molecule has 30 heavy (non-hydrogen) atoms. The van der Waals surface area contributed by atoms with Crippen molar-refractivity contribution in [2.45, 2.75) is 65.8 Å².